The summed E-state index contributed by atoms with van der Waals surface area (Å²) >= 11 is 3.50. The molecule has 0 amide bonds. The number of imidazole rings is 1. The van der Waals surface area contributed by atoms with E-state index in [0.717, 1.165) is 21.7 Å². The van der Waals surface area contributed by atoms with Crippen LogP contribution in [0.2, 0.25) is 19.6 Å². The quantitative estimate of drug-likeness (QED) is 0.797. The van der Waals surface area contributed by atoms with Crippen molar-refractivity contribution in [1.29, 1.82) is 0 Å². The smallest absolute Gasteiger partial charge is 0.138 e. The van der Waals surface area contributed by atoms with E-state index in [-0.39, 0.29) is 0 Å². The van der Waals surface area contributed by atoms with E-state index in [4.69, 9.17) is 4.74 Å². The Labute approximate surface area is 129 Å². The first-order valence-electron chi connectivity index (χ1n) is 6.79. The molecule has 2 rings (SSSR count). The molecule has 0 aliphatic carbocycles. The summed E-state index contributed by atoms with van der Waals surface area (Å²) in [6.45, 7) is 9.67. The molecule has 0 aliphatic rings. The molecule has 108 valence electrons. The Hall–Kier alpha value is -0.913. The zero-order valence-electron chi connectivity index (χ0n) is 12.4. The van der Waals surface area contributed by atoms with Crippen LogP contribution in [0.1, 0.15) is 12.6 Å². The number of benzene rings is 1. The molecular weight excluding hydrogens is 332 g/mol. The van der Waals surface area contributed by atoms with Crippen molar-refractivity contribution in [3.63, 3.8) is 0 Å². The lowest BCUT2D eigenvalue weighted by molar-refractivity contribution is 0.0953. The number of hydrogen-bond donors (Lipinski definition) is 1. The first-order valence-corrected chi connectivity index (χ1v) is 11.2. The van der Waals surface area contributed by atoms with E-state index in [9.17, 15) is 0 Å². The van der Waals surface area contributed by atoms with Crippen LogP contribution >= 0.6 is 15.9 Å². The fraction of sp³-hybridized carbons (Fsp3) is 0.400. The largest absolute Gasteiger partial charge is 0.376 e. The van der Waals surface area contributed by atoms with Crippen LogP contribution in [0.5, 0.6) is 0 Å². The first-order chi connectivity index (χ1) is 9.38. The average Bonchev–Trinajstić information content (AvgIpc) is 2.77. The second-order valence-corrected chi connectivity index (χ2v) is 12.3. The van der Waals surface area contributed by atoms with Gasteiger partial charge in [-0.05, 0) is 22.9 Å². The van der Waals surface area contributed by atoms with Gasteiger partial charge >= 0.3 is 0 Å². The molecule has 0 saturated carbocycles. The van der Waals surface area contributed by atoms with Gasteiger partial charge in [0.2, 0.25) is 0 Å². The van der Waals surface area contributed by atoms with Crippen molar-refractivity contribution >= 4 is 24.0 Å². The third kappa shape index (κ3) is 3.81. The van der Waals surface area contributed by atoms with E-state index in [1.165, 1.54) is 0 Å². The number of aromatic amines is 1. The Morgan fingerprint density at radius 3 is 2.50 bits per heavy atom. The number of nitrogens with one attached hydrogen (secondary N) is 1. The summed E-state index contributed by atoms with van der Waals surface area (Å²) in [6.07, 6.45) is 0. The summed E-state index contributed by atoms with van der Waals surface area (Å²) in [6, 6.07) is 10.1. The summed E-state index contributed by atoms with van der Waals surface area (Å²) in [7, 11) is -1.26. The lowest BCUT2D eigenvalue weighted by atomic mass is 10.2. The second-order valence-electron chi connectivity index (χ2n) is 6.04. The molecule has 3 nitrogen and oxygen atoms in total. The van der Waals surface area contributed by atoms with Gasteiger partial charge in [0.25, 0.3) is 0 Å². The summed E-state index contributed by atoms with van der Waals surface area (Å²) in [5.74, 6) is 0.872. The van der Waals surface area contributed by atoms with Crippen molar-refractivity contribution in [3.8, 4) is 11.4 Å². The van der Waals surface area contributed by atoms with Gasteiger partial charge in [-0.2, -0.15) is 0 Å². The monoisotopic (exact) mass is 352 g/mol. The summed E-state index contributed by atoms with van der Waals surface area (Å²) in [5.41, 5.74) is 2.39. The average molecular weight is 353 g/mol. The van der Waals surface area contributed by atoms with Crippen molar-refractivity contribution in [3.05, 3.63) is 40.6 Å². The molecule has 1 aromatic carbocycles. The number of ether oxygens (including phenoxy) is 1. The van der Waals surface area contributed by atoms with Crippen LogP contribution in [-0.2, 0) is 11.3 Å². The van der Waals surface area contributed by atoms with Gasteiger partial charge in [0.1, 0.15) is 10.4 Å². The highest BCUT2D eigenvalue weighted by atomic mass is 79.9. The van der Waals surface area contributed by atoms with Gasteiger partial charge in [0, 0.05) is 11.3 Å². The number of rotatable bonds is 5. The van der Waals surface area contributed by atoms with Crippen molar-refractivity contribution in [2.45, 2.75) is 38.9 Å². The summed E-state index contributed by atoms with van der Waals surface area (Å²) in [5, 5.41) is 0. The molecule has 1 unspecified atom stereocenters. The van der Waals surface area contributed by atoms with Crippen LogP contribution in [0.3, 0.4) is 0 Å². The van der Waals surface area contributed by atoms with Gasteiger partial charge in [-0.1, -0.05) is 50.0 Å². The molecule has 0 saturated heterocycles. The number of nitrogens with zero attached hydrogens (tertiary/aromatic N) is 1. The number of hydrogen-bond acceptors (Lipinski definition) is 2. The maximum absolute atomic E-state index is 5.98. The second kappa shape index (κ2) is 6.24. The summed E-state index contributed by atoms with van der Waals surface area (Å²) < 4.78 is 6.82. The Kier molecular flexibility index (Phi) is 4.83. The summed E-state index contributed by atoms with van der Waals surface area (Å²) in [4.78, 5) is 7.85. The highest BCUT2D eigenvalue weighted by Gasteiger charge is 2.23. The minimum atomic E-state index is -1.26. The van der Waals surface area contributed by atoms with Gasteiger partial charge in [0.05, 0.1) is 20.4 Å². The molecule has 1 atom stereocenters. The van der Waals surface area contributed by atoms with Gasteiger partial charge < -0.3 is 9.72 Å². The van der Waals surface area contributed by atoms with Crippen molar-refractivity contribution in [2.75, 3.05) is 0 Å². The zero-order chi connectivity index (χ0) is 14.8. The molecule has 5 heteroatoms. The third-order valence-corrected chi connectivity index (χ3v) is 6.73. The molecule has 0 bridgehead atoms. The Morgan fingerprint density at radius 2 is 1.90 bits per heavy atom. The molecular formula is C15H21BrN2OSi. The van der Waals surface area contributed by atoms with E-state index in [1.807, 2.05) is 30.3 Å². The van der Waals surface area contributed by atoms with Crippen LogP contribution in [0.25, 0.3) is 11.4 Å². The van der Waals surface area contributed by atoms with E-state index in [1.54, 1.807) is 0 Å². The van der Waals surface area contributed by atoms with E-state index >= 15 is 0 Å². The first kappa shape index (κ1) is 15.5. The number of aromatic nitrogens is 2. The van der Waals surface area contributed by atoms with Crippen LogP contribution in [-0.4, -0.2) is 23.8 Å². The Balaban J connectivity index is 2.09. The topological polar surface area (TPSA) is 37.9 Å². The normalized spacial score (nSPS) is 13.4. The predicted octanol–water partition coefficient (Wildman–Crippen LogP) is 4.62. The minimum Gasteiger partial charge on any atom is -0.376 e. The van der Waals surface area contributed by atoms with Crippen molar-refractivity contribution in [1.82, 2.24) is 9.97 Å². The van der Waals surface area contributed by atoms with Crippen molar-refractivity contribution < 1.29 is 4.74 Å². The molecule has 1 heterocycles. The van der Waals surface area contributed by atoms with Gasteiger partial charge in [-0.3, -0.25) is 0 Å². The fourth-order valence-corrected chi connectivity index (χ4v) is 2.65. The molecule has 1 aromatic heterocycles. The van der Waals surface area contributed by atoms with E-state index in [2.05, 4.69) is 52.5 Å². The maximum Gasteiger partial charge on any atom is 0.138 e. The van der Waals surface area contributed by atoms with E-state index < -0.39 is 8.07 Å². The predicted molar refractivity (Wildman–Crippen MR) is 89.3 cm³/mol. The van der Waals surface area contributed by atoms with Crippen LogP contribution < -0.4 is 0 Å². The molecule has 1 N–H and O–H groups in total. The number of H-pyrrole nitrogens is 1. The number of halogens is 1. The SMILES string of the molecule is CC(OCc1[nH]c(-c2ccccc2)nc1Br)[Si](C)(C)C. The van der Waals surface area contributed by atoms with Crippen LogP contribution in [0.15, 0.2) is 34.9 Å². The molecule has 0 spiro atoms. The van der Waals surface area contributed by atoms with Gasteiger partial charge in [-0.25, -0.2) is 4.98 Å². The highest BCUT2D eigenvalue weighted by molar-refractivity contribution is 9.10. The Morgan fingerprint density at radius 1 is 1.25 bits per heavy atom. The van der Waals surface area contributed by atoms with Gasteiger partial charge in [-0.15, -0.1) is 0 Å². The van der Waals surface area contributed by atoms with E-state index in [0.29, 0.717) is 12.3 Å². The highest BCUT2D eigenvalue weighted by Crippen LogP contribution is 2.23. The lowest BCUT2D eigenvalue weighted by Gasteiger charge is -2.25. The Bertz CT molecular complexity index is 563. The van der Waals surface area contributed by atoms with Crippen LogP contribution in [0, 0.1) is 0 Å². The molecule has 20 heavy (non-hydrogen) atoms. The van der Waals surface area contributed by atoms with Crippen LogP contribution in [0.4, 0.5) is 0 Å². The minimum absolute atomic E-state index is 0.317. The zero-order valence-corrected chi connectivity index (χ0v) is 15.0. The van der Waals surface area contributed by atoms with Gasteiger partial charge in [0.15, 0.2) is 0 Å². The molecule has 0 fully saturated rings. The maximum atomic E-state index is 5.98. The molecule has 0 aliphatic heterocycles. The molecule has 2 aromatic rings. The molecule has 0 radical (unpaired) electrons. The standard InChI is InChI=1S/C15H21BrN2OSi/c1-11(20(2,3)4)19-10-13-14(16)18-15(17-13)12-8-6-5-7-9-12/h5-9,11H,10H2,1-4H3,(H,17,18). The third-order valence-electron chi connectivity index (χ3n) is 3.47. The van der Waals surface area contributed by atoms with Crippen molar-refractivity contribution in [2.24, 2.45) is 0 Å². The lowest BCUT2D eigenvalue weighted by Crippen LogP contribution is -2.37. The fourth-order valence-electron chi connectivity index (χ4n) is 1.67.